The van der Waals surface area contributed by atoms with Gasteiger partial charge in [-0.1, -0.05) is 0 Å². The number of hydrogen-bond acceptors (Lipinski definition) is 10. The van der Waals surface area contributed by atoms with Gasteiger partial charge in [0.25, 0.3) is 5.91 Å². The van der Waals surface area contributed by atoms with E-state index in [2.05, 4.69) is 5.10 Å². The van der Waals surface area contributed by atoms with Gasteiger partial charge in [0.2, 0.25) is 0 Å². The lowest BCUT2D eigenvalue weighted by molar-refractivity contribution is -0.241. The lowest BCUT2D eigenvalue weighted by Crippen LogP contribution is -2.56. The van der Waals surface area contributed by atoms with Crippen molar-refractivity contribution < 1.29 is 38.1 Å². The van der Waals surface area contributed by atoms with Crippen molar-refractivity contribution in [2.75, 3.05) is 31.5 Å². The summed E-state index contributed by atoms with van der Waals surface area (Å²) < 4.78 is 22.9. The minimum absolute atomic E-state index is 0.0265. The molecule has 14 heteroatoms. The predicted molar refractivity (Wildman–Crippen MR) is 119 cm³/mol. The minimum Gasteiger partial charge on any atom is -0.456 e. The van der Waals surface area contributed by atoms with Gasteiger partial charge >= 0.3 is 17.9 Å². The molecule has 1 aromatic rings. The number of halogens is 2. The lowest BCUT2D eigenvalue weighted by atomic mass is 10.0. The summed E-state index contributed by atoms with van der Waals surface area (Å²) in [6, 6.07) is 1.48. The highest BCUT2D eigenvalue weighted by Gasteiger charge is 2.48. The Morgan fingerprint density at radius 2 is 1.62 bits per heavy atom. The molecule has 1 aromatic heterocycles. The Balaban J connectivity index is 2.47. The molecule has 34 heavy (non-hydrogen) atoms. The molecule has 1 fully saturated rings. The first-order chi connectivity index (χ1) is 16.1. The van der Waals surface area contributed by atoms with Gasteiger partial charge in [-0.3, -0.25) is 24.1 Å². The molecule has 0 aliphatic carbocycles. The first-order valence-electron chi connectivity index (χ1n) is 10.4. The van der Waals surface area contributed by atoms with Gasteiger partial charge in [0.15, 0.2) is 24.5 Å². The summed E-state index contributed by atoms with van der Waals surface area (Å²) in [5.74, 6) is -2.15. The molecule has 2 heterocycles. The zero-order chi connectivity index (χ0) is 25.4. The molecule has 1 amide bonds. The average Bonchev–Trinajstić information content (AvgIpc) is 3.13. The number of nitrogens with two attached hydrogens (primary N) is 1. The Bertz CT molecular complexity index is 890. The van der Waals surface area contributed by atoms with Crippen molar-refractivity contribution in [1.82, 2.24) is 14.7 Å². The third kappa shape index (κ3) is 7.55. The monoisotopic (exact) mass is 522 g/mol. The normalized spacial score (nSPS) is 22.3. The maximum absolute atomic E-state index is 12.2. The zero-order valence-electron chi connectivity index (χ0n) is 19.1. The van der Waals surface area contributed by atoms with E-state index in [1.165, 1.54) is 17.7 Å². The Labute approximate surface area is 206 Å². The number of carbonyl (C=O) groups excluding carboxylic acids is 4. The molecule has 0 unspecified atom stereocenters. The van der Waals surface area contributed by atoms with Gasteiger partial charge < -0.3 is 24.7 Å². The number of aromatic nitrogens is 2. The second kappa shape index (κ2) is 12.9. The van der Waals surface area contributed by atoms with Crippen LogP contribution in [0.2, 0.25) is 0 Å². The number of amides is 1. The third-order valence-corrected chi connectivity index (χ3v) is 5.13. The van der Waals surface area contributed by atoms with E-state index >= 15 is 0 Å². The quantitative estimate of drug-likeness (QED) is 0.248. The summed E-state index contributed by atoms with van der Waals surface area (Å²) in [7, 11) is 0. The summed E-state index contributed by atoms with van der Waals surface area (Å²) in [5.41, 5.74) is 6.00. The van der Waals surface area contributed by atoms with Crippen LogP contribution < -0.4 is 5.73 Å². The predicted octanol–water partition coefficient (Wildman–Crippen LogP) is 0.586. The van der Waals surface area contributed by atoms with Crippen LogP contribution in [0.3, 0.4) is 0 Å². The van der Waals surface area contributed by atoms with Crippen LogP contribution in [0.15, 0.2) is 6.07 Å². The van der Waals surface area contributed by atoms with E-state index in [1.807, 2.05) is 4.90 Å². The third-order valence-electron chi connectivity index (χ3n) is 4.79. The van der Waals surface area contributed by atoms with Gasteiger partial charge in [0.05, 0.1) is 12.3 Å². The molecule has 190 valence electrons. The van der Waals surface area contributed by atoms with Gasteiger partial charge in [-0.15, -0.1) is 23.2 Å². The van der Waals surface area contributed by atoms with E-state index in [0.29, 0.717) is 37.1 Å². The molecule has 0 spiro atoms. The van der Waals surface area contributed by atoms with E-state index in [-0.39, 0.29) is 12.3 Å². The number of alkyl halides is 2. The van der Waals surface area contributed by atoms with Crippen molar-refractivity contribution in [1.29, 1.82) is 0 Å². The van der Waals surface area contributed by atoms with Gasteiger partial charge in [0.1, 0.15) is 5.69 Å². The largest absolute Gasteiger partial charge is 0.456 e. The fraction of sp³-hybridized carbons (Fsp3) is 0.650. The van der Waals surface area contributed by atoms with Gasteiger partial charge in [-0.05, 0) is 6.07 Å². The van der Waals surface area contributed by atoms with Crippen molar-refractivity contribution in [3.63, 3.8) is 0 Å². The van der Waals surface area contributed by atoms with Crippen molar-refractivity contribution in [3.8, 4) is 0 Å². The molecule has 12 nitrogen and oxygen atoms in total. The summed E-state index contributed by atoms with van der Waals surface area (Å²) >= 11 is 11.7. The smallest absolute Gasteiger partial charge is 0.303 e. The highest BCUT2D eigenvalue weighted by molar-refractivity contribution is 6.18. The number of esters is 3. The lowest BCUT2D eigenvalue weighted by Gasteiger charge is -2.40. The summed E-state index contributed by atoms with van der Waals surface area (Å²) in [4.78, 5) is 49.3. The van der Waals surface area contributed by atoms with Crippen LogP contribution in [-0.2, 0) is 39.9 Å². The molecule has 0 aromatic carbocycles. The minimum atomic E-state index is -1.30. The molecule has 0 bridgehead atoms. The van der Waals surface area contributed by atoms with Crippen LogP contribution in [0.4, 0.5) is 0 Å². The first kappa shape index (κ1) is 27.8. The molecule has 2 rings (SSSR count). The Kier molecular flexibility index (Phi) is 10.5. The number of hydrogen-bond donors (Lipinski definition) is 1. The highest BCUT2D eigenvalue weighted by Crippen LogP contribution is 2.31. The number of nitrogens with zero attached hydrogens (tertiary/aromatic N) is 3. The van der Waals surface area contributed by atoms with Gasteiger partial charge in [-0.25, -0.2) is 4.68 Å². The van der Waals surface area contributed by atoms with E-state index in [1.54, 1.807) is 0 Å². The van der Waals surface area contributed by atoms with Crippen LogP contribution in [0, 0.1) is 0 Å². The second-order valence-electron chi connectivity index (χ2n) is 7.50. The van der Waals surface area contributed by atoms with Crippen LogP contribution in [0.25, 0.3) is 0 Å². The maximum Gasteiger partial charge on any atom is 0.303 e. The molecule has 1 aliphatic heterocycles. The number of rotatable bonds is 11. The van der Waals surface area contributed by atoms with E-state index in [4.69, 9.17) is 47.9 Å². The Morgan fingerprint density at radius 1 is 1.06 bits per heavy atom. The van der Waals surface area contributed by atoms with Crippen LogP contribution in [0.1, 0.15) is 43.2 Å². The molecular weight excluding hydrogens is 495 g/mol. The molecule has 0 radical (unpaired) electrons. The number of ether oxygens (including phenoxy) is 4. The standard InChI is InChI=1S/C20H28Cl2N4O8/c1-11(27)32-16-10-31-20(18(34-13(3)29)17(16)33-12(2)28)26-15(19(23)30)8-14(24-26)9-25(6-4-21)7-5-22/h8,16-18,20H,4-7,9-10H2,1-3H3,(H2,23,30)/t16-,17-,18-,20-/m1/s1. The second-order valence-corrected chi connectivity index (χ2v) is 8.26. The Morgan fingerprint density at radius 3 is 2.12 bits per heavy atom. The Hall–Kier alpha value is -2.41. The van der Waals surface area contributed by atoms with Gasteiger partial charge in [-0.2, -0.15) is 5.10 Å². The summed E-state index contributed by atoms with van der Waals surface area (Å²) in [6.45, 7) is 4.62. The molecule has 4 atom stereocenters. The van der Waals surface area contributed by atoms with Crippen LogP contribution >= 0.6 is 23.2 Å². The fourth-order valence-electron chi connectivity index (χ4n) is 3.57. The van der Waals surface area contributed by atoms with Crippen molar-refractivity contribution in [2.45, 2.75) is 51.9 Å². The zero-order valence-corrected chi connectivity index (χ0v) is 20.6. The highest BCUT2D eigenvalue weighted by atomic mass is 35.5. The average molecular weight is 523 g/mol. The van der Waals surface area contributed by atoms with E-state index in [0.717, 1.165) is 13.8 Å². The molecular formula is C20H28Cl2N4O8. The number of carbonyl (C=O) groups is 4. The molecule has 1 saturated heterocycles. The van der Waals surface area contributed by atoms with Crippen molar-refractivity contribution >= 4 is 47.0 Å². The molecule has 1 aliphatic rings. The topological polar surface area (TPSA) is 152 Å². The summed E-state index contributed by atoms with van der Waals surface area (Å²) in [5, 5.41) is 4.44. The fourth-order valence-corrected chi connectivity index (χ4v) is 4.05. The van der Waals surface area contributed by atoms with E-state index in [9.17, 15) is 19.2 Å². The van der Waals surface area contributed by atoms with E-state index < -0.39 is 48.4 Å². The first-order valence-corrected chi connectivity index (χ1v) is 11.5. The van der Waals surface area contributed by atoms with Gasteiger partial charge in [0, 0.05) is 52.2 Å². The molecule has 0 saturated carbocycles. The maximum atomic E-state index is 12.2. The van der Waals surface area contributed by atoms with Crippen molar-refractivity contribution in [3.05, 3.63) is 17.5 Å². The van der Waals surface area contributed by atoms with Crippen LogP contribution in [-0.4, -0.2) is 88.3 Å². The number of primary amides is 1. The SMILES string of the molecule is CC(=O)O[C@@H]1[C@H](OC(C)=O)[C@H](OC(C)=O)CO[C@H]1n1nc(CN(CCCl)CCCl)cc1C(N)=O. The van der Waals surface area contributed by atoms with Crippen LogP contribution in [0.5, 0.6) is 0 Å². The summed E-state index contributed by atoms with van der Waals surface area (Å²) in [6.07, 6.45) is -4.78. The van der Waals surface area contributed by atoms with Crippen molar-refractivity contribution in [2.24, 2.45) is 5.73 Å². The molecule has 2 N–H and O–H groups in total.